The first-order valence-electron chi connectivity index (χ1n) is 10.8. The van der Waals surface area contributed by atoms with E-state index in [-0.39, 0.29) is 17.7 Å². The second kappa shape index (κ2) is 8.30. The lowest BCUT2D eigenvalue weighted by Crippen LogP contribution is -2.48. The highest BCUT2D eigenvalue weighted by molar-refractivity contribution is 6.16. The van der Waals surface area contributed by atoms with Crippen molar-refractivity contribution in [2.24, 2.45) is 0 Å². The number of unbranched alkanes of at least 4 members (excludes halogenated alkanes) is 2. The monoisotopic (exact) mass is 429 g/mol. The highest BCUT2D eigenvalue weighted by atomic mass is 16.2. The molecule has 0 bridgehead atoms. The van der Waals surface area contributed by atoms with Gasteiger partial charge in [-0.05, 0) is 31.0 Å². The number of benzene rings is 2. The Labute approximate surface area is 185 Å². The molecule has 0 radical (unpaired) electrons. The van der Waals surface area contributed by atoms with Gasteiger partial charge in [0.2, 0.25) is 5.91 Å². The van der Waals surface area contributed by atoms with Crippen LogP contribution in [0, 0.1) is 0 Å². The average molecular weight is 429 g/mol. The van der Waals surface area contributed by atoms with Gasteiger partial charge in [0.15, 0.2) is 0 Å². The summed E-state index contributed by atoms with van der Waals surface area (Å²) in [5, 5.41) is 9.26. The first-order valence-corrected chi connectivity index (χ1v) is 10.8. The molecular weight excluding hydrogens is 406 g/mol. The number of amides is 3. The third kappa shape index (κ3) is 3.43. The number of rotatable bonds is 7. The molecule has 2 aliphatic rings. The van der Waals surface area contributed by atoms with Crippen LogP contribution in [0.15, 0.2) is 60.8 Å². The van der Waals surface area contributed by atoms with Crippen molar-refractivity contribution in [1.82, 2.24) is 15.1 Å². The van der Waals surface area contributed by atoms with Crippen LogP contribution in [0.1, 0.15) is 58.1 Å². The van der Waals surface area contributed by atoms with Crippen molar-refractivity contribution < 1.29 is 14.4 Å². The number of nitrogens with zero attached hydrogens (tertiary/aromatic N) is 3. The van der Waals surface area contributed by atoms with Gasteiger partial charge in [0, 0.05) is 30.2 Å². The number of aromatic amines is 1. The normalized spacial score (nSPS) is 16.6. The van der Waals surface area contributed by atoms with Crippen LogP contribution < -0.4 is 10.2 Å². The molecular formula is C24H23N5O3. The third-order valence-electron chi connectivity index (χ3n) is 5.96. The molecule has 8 heteroatoms. The number of hydrogen-bond donors (Lipinski definition) is 2. The third-order valence-corrected chi connectivity index (χ3v) is 5.96. The Hall–Kier alpha value is -3.94. The lowest BCUT2D eigenvalue weighted by molar-refractivity contribution is -0.116. The summed E-state index contributed by atoms with van der Waals surface area (Å²) >= 11 is 0. The van der Waals surface area contributed by atoms with Crippen molar-refractivity contribution >= 4 is 29.2 Å². The largest absolute Gasteiger partial charge is 0.313 e. The van der Waals surface area contributed by atoms with Crippen molar-refractivity contribution in [3.63, 3.8) is 0 Å². The first kappa shape index (κ1) is 20.0. The Balaban J connectivity index is 1.28. The number of anilines is 2. The van der Waals surface area contributed by atoms with Crippen LogP contribution in [0.2, 0.25) is 0 Å². The second-order valence-electron chi connectivity index (χ2n) is 7.98. The maximum atomic E-state index is 13.3. The van der Waals surface area contributed by atoms with Crippen LogP contribution >= 0.6 is 0 Å². The summed E-state index contributed by atoms with van der Waals surface area (Å²) in [4.78, 5) is 42.0. The van der Waals surface area contributed by atoms with Gasteiger partial charge in [-0.25, -0.2) is 0 Å². The molecule has 8 nitrogen and oxygen atoms in total. The maximum absolute atomic E-state index is 13.3. The number of para-hydroxylation sites is 1. The minimum atomic E-state index is -0.426. The van der Waals surface area contributed by atoms with E-state index in [1.807, 2.05) is 42.5 Å². The quantitative estimate of drug-likeness (QED) is 0.559. The number of H-pyrrole nitrogens is 1. The van der Waals surface area contributed by atoms with Gasteiger partial charge in [-0.1, -0.05) is 36.8 Å². The van der Waals surface area contributed by atoms with E-state index in [9.17, 15) is 14.4 Å². The van der Waals surface area contributed by atoms with Gasteiger partial charge in [0.1, 0.15) is 12.0 Å². The molecule has 2 aliphatic heterocycles. The van der Waals surface area contributed by atoms with Gasteiger partial charge in [-0.3, -0.25) is 24.4 Å². The minimum Gasteiger partial charge on any atom is -0.313 e. The molecule has 2 N–H and O–H groups in total. The van der Waals surface area contributed by atoms with Crippen molar-refractivity contribution in [1.29, 1.82) is 0 Å². The summed E-state index contributed by atoms with van der Waals surface area (Å²) in [6.45, 7) is 0.512. The molecule has 3 heterocycles. The van der Waals surface area contributed by atoms with Gasteiger partial charge >= 0.3 is 0 Å². The number of hydrogen-bond acceptors (Lipinski definition) is 4. The van der Waals surface area contributed by atoms with Crippen LogP contribution in [-0.4, -0.2) is 39.4 Å². The van der Waals surface area contributed by atoms with Crippen LogP contribution in [0.4, 0.5) is 11.5 Å². The fraction of sp³-hybridized carbons (Fsp3) is 0.250. The van der Waals surface area contributed by atoms with Crippen LogP contribution in [0.25, 0.3) is 0 Å². The van der Waals surface area contributed by atoms with Crippen LogP contribution in [0.3, 0.4) is 0 Å². The van der Waals surface area contributed by atoms with Crippen LogP contribution in [-0.2, 0) is 4.79 Å². The molecule has 1 unspecified atom stereocenters. The Morgan fingerprint density at radius 3 is 2.53 bits per heavy atom. The van der Waals surface area contributed by atoms with Crippen LogP contribution in [0.5, 0.6) is 0 Å². The fourth-order valence-corrected chi connectivity index (χ4v) is 4.48. The molecule has 0 saturated carbocycles. The molecule has 32 heavy (non-hydrogen) atoms. The number of fused-ring (bicyclic) bond motifs is 5. The Morgan fingerprint density at radius 1 is 0.938 bits per heavy atom. The summed E-state index contributed by atoms with van der Waals surface area (Å²) in [7, 11) is 0. The van der Waals surface area contributed by atoms with E-state index < -0.39 is 6.17 Å². The molecule has 3 aromatic rings. The topological polar surface area (TPSA) is 98.4 Å². The molecule has 162 valence electrons. The smallest absolute Gasteiger partial charge is 0.260 e. The Bertz CT molecular complexity index is 1170. The molecule has 0 saturated heterocycles. The Kier molecular flexibility index (Phi) is 5.18. The second-order valence-corrected chi connectivity index (χ2v) is 7.98. The zero-order chi connectivity index (χ0) is 22.1. The number of carbonyl (C=O) groups excluding carboxylic acids is 3. The predicted molar refractivity (Wildman–Crippen MR) is 119 cm³/mol. The summed E-state index contributed by atoms with van der Waals surface area (Å²) in [5.74, 6) is 0.366. The molecule has 0 fully saturated rings. The van der Waals surface area contributed by atoms with E-state index in [0.29, 0.717) is 42.0 Å². The van der Waals surface area contributed by atoms with E-state index in [1.54, 1.807) is 28.1 Å². The van der Waals surface area contributed by atoms with E-state index in [0.717, 1.165) is 18.4 Å². The zero-order valence-corrected chi connectivity index (χ0v) is 17.5. The van der Waals surface area contributed by atoms with Gasteiger partial charge in [-0.2, -0.15) is 5.10 Å². The summed E-state index contributed by atoms with van der Waals surface area (Å²) < 4.78 is 0. The highest BCUT2D eigenvalue weighted by Gasteiger charge is 2.47. The fourth-order valence-electron chi connectivity index (χ4n) is 4.48. The first-order chi connectivity index (χ1) is 15.6. The maximum Gasteiger partial charge on any atom is 0.260 e. The molecule has 1 aromatic heterocycles. The number of nitrogens with one attached hydrogen (secondary N) is 2. The Morgan fingerprint density at radius 2 is 1.72 bits per heavy atom. The summed E-state index contributed by atoms with van der Waals surface area (Å²) in [5.41, 5.74) is 2.71. The average Bonchev–Trinajstić information content (AvgIpc) is 3.42. The lowest BCUT2D eigenvalue weighted by Gasteiger charge is -2.41. The van der Waals surface area contributed by atoms with Gasteiger partial charge < -0.3 is 10.2 Å². The highest BCUT2D eigenvalue weighted by Crippen LogP contribution is 2.45. The lowest BCUT2D eigenvalue weighted by atomic mass is 10.0. The molecule has 5 rings (SSSR count). The minimum absolute atomic E-state index is 0.0664. The van der Waals surface area contributed by atoms with Crippen molar-refractivity contribution in [2.45, 2.75) is 31.8 Å². The van der Waals surface area contributed by atoms with E-state index in [2.05, 4.69) is 15.5 Å². The standard InChI is InChI=1S/C24H23N5O3/c30-21(26-20-13-14-25-27-20)12-2-1-7-15-28-22-16-8-3-4-9-17(16)24(32)29(22)19-11-6-5-10-18(19)23(28)31/h3-6,8-11,13-14,22H,1-2,7,12,15H2,(H2,25,26,27,30). The van der Waals surface area contributed by atoms with Crippen molar-refractivity contribution in [2.75, 3.05) is 16.8 Å². The molecule has 0 aliphatic carbocycles. The number of aromatic nitrogens is 2. The van der Waals surface area contributed by atoms with Gasteiger partial charge in [0.25, 0.3) is 11.8 Å². The summed E-state index contributed by atoms with van der Waals surface area (Å²) in [6, 6.07) is 16.5. The number of carbonyl (C=O) groups is 3. The molecule has 2 aromatic carbocycles. The van der Waals surface area contributed by atoms with E-state index in [4.69, 9.17) is 0 Å². The van der Waals surface area contributed by atoms with Gasteiger partial charge in [0.05, 0.1) is 17.4 Å². The van der Waals surface area contributed by atoms with E-state index in [1.165, 1.54) is 0 Å². The van der Waals surface area contributed by atoms with Crippen molar-refractivity contribution in [3.8, 4) is 0 Å². The molecule has 3 amide bonds. The molecule has 1 atom stereocenters. The van der Waals surface area contributed by atoms with Gasteiger partial charge in [-0.15, -0.1) is 0 Å². The SMILES string of the molecule is O=C(CCCCCN1C(=O)c2ccccc2N2C(=O)c3ccccc3C12)Nc1ccn[nH]1. The zero-order valence-electron chi connectivity index (χ0n) is 17.5. The summed E-state index contributed by atoms with van der Waals surface area (Å²) in [6.07, 6.45) is 3.80. The molecule has 0 spiro atoms. The van der Waals surface area contributed by atoms with Crippen molar-refractivity contribution in [3.05, 3.63) is 77.5 Å². The predicted octanol–water partition coefficient (Wildman–Crippen LogP) is 3.72. The van der Waals surface area contributed by atoms with E-state index >= 15 is 0 Å².